The molecule has 0 fully saturated rings. The molecule has 0 saturated heterocycles. The minimum Gasteiger partial charge on any atom is -0.475 e. The maximum Gasteiger partial charge on any atom is 0.371 e. The smallest absolute Gasteiger partial charge is 0.371 e. The number of carbonyl (C=O) groups is 2. The van der Waals surface area contributed by atoms with Crippen molar-refractivity contribution in [3.63, 3.8) is 0 Å². The summed E-state index contributed by atoms with van der Waals surface area (Å²) < 4.78 is 5.26. The van der Waals surface area contributed by atoms with Crippen molar-refractivity contribution < 1.29 is 19.1 Å². The van der Waals surface area contributed by atoms with Crippen LogP contribution in [0.25, 0.3) is 11.3 Å². The minimum absolute atomic E-state index is 0.109. The lowest BCUT2D eigenvalue weighted by molar-refractivity contribution is 0.0663. The number of benzene rings is 2. The average Bonchev–Trinajstić information content (AvgIpc) is 3.13. The van der Waals surface area contributed by atoms with E-state index in [1.54, 1.807) is 30.3 Å². The molecule has 26 heavy (non-hydrogen) atoms. The summed E-state index contributed by atoms with van der Waals surface area (Å²) in [5.74, 6) is -0.516. The summed E-state index contributed by atoms with van der Waals surface area (Å²) in [6.07, 6.45) is 0. The molecule has 3 rings (SSSR count). The number of carboxylic acid groups (broad SMARTS) is 1. The van der Waals surface area contributed by atoms with Crippen LogP contribution < -0.4 is 5.32 Å². The van der Waals surface area contributed by atoms with Gasteiger partial charge in [0.25, 0.3) is 5.91 Å². The molecule has 2 aromatic carbocycles. The van der Waals surface area contributed by atoms with Crippen molar-refractivity contribution >= 4 is 17.6 Å². The molecule has 132 valence electrons. The van der Waals surface area contributed by atoms with Gasteiger partial charge in [0.15, 0.2) is 0 Å². The molecule has 2 N–H and O–H groups in total. The standard InChI is InChI=1S/C21H19NO4/c1-13(2)14-3-5-16(6-4-14)20(23)22-17-9-7-15(8-10-17)18-11-12-19(26-18)21(24)25/h3-13H,1-2H3,(H,22,23)(H,24,25). The largest absolute Gasteiger partial charge is 0.475 e. The topological polar surface area (TPSA) is 79.5 Å². The predicted molar refractivity (Wildman–Crippen MR) is 99.6 cm³/mol. The van der Waals surface area contributed by atoms with E-state index in [1.807, 2.05) is 24.3 Å². The van der Waals surface area contributed by atoms with Crippen molar-refractivity contribution in [1.82, 2.24) is 0 Å². The number of aromatic carboxylic acids is 1. The molecule has 0 spiro atoms. The number of carboxylic acids is 1. The fraction of sp³-hybridized carbons (Fsp3) is 0.143. The molecule has 0 atom stereocenters. The van der Waals surface area contributed by atoms with Crippen LogP contribution >= 0.6 is 0 Å². The molecular formula is C21H19NO4. The van der Waals surface area contributed by atoms with E-state index in [1.165, 1.54) is 11.6 Å². The van der Waals surface area contributed by atoms with Crippen LogP contribution in [0.3, 0.4) is 0 Å². The Kier molecular flexibility index (Phi) is 4.89. The van der Waals surface area contributed by atoms with Crippen LogP contribution in [-0.4, -0.2) is 17.0 Å². The predicted octanol–water partition coefficient (Wildman–Crippen LogP) is 5.02. The number of amides is 1. The molecule has 5 heteroatoms. The van der Waals surface area contributed by atoms with Gasteiger partial charge in [-0.1, -0.05) is 26.0 Å². The zero-order valence-corrected chi connectivity index (χ0v) is 14.5. The van der Waals surface area contributed by atoms with Crippen molar-refractivity contribution in [2.24, 2.45) is 0 Å². The normalized spacial score (nSPS) is 10.7. The summed E-state index contributed by atoms with van der Waals surface area (Å²) in [6, 6.07) is 17.6. The number of anilines is 1. The Labute approximate surface area is 151 Å². The summed E-state index contributed by atoms with van der Waals surface area (Å²) in [5.41, 5.74) is 3.16. The zero-order valence-electron chi connectivity index (χ0n) is 14.5. The third kappa shape index (κ3) is 3.83. The summed E-state index contributed by atoms with van der Waals surface area (Å²) in [6.45, 7) is 4.21. The number of carbonyl (C=O) groups excluding carboxylic acids is 1. The Hall–Kier alpha value is -3.34. The lowest BCUT2D eigenvalue weighted by atomic mass is 10.0. The maximum atomic E-state index is 12.3. The summed E-state index contributed by atoms with van der Waals surface area (Å²) in [4.78, 5) is 23.2. The summed E-state index contributed by atoms with van der Waals surface area (Å²) in [5, 5.41) is 11.7. The first kappa shape index (κ1) is 17.5. The lowest BCUT2D eigenvalue weighted by Crippen LogP contribution is -2.11. The average molecular weight is 349 g/mol. The Morgan fingerprint density at radius 3 is 2.12 bits per heavy atom. The van der Waals surface area contributed by atoms with Gasteiger partial charge in [0.05, 0.1) is 0 Å². The first-order valence-electron chi connectivity index (χ1n) is 8.29. The van der Waals surface area contributed by atoms with Crippen molar-refractivity contribution in [3.8, 4) is 11.3 Å². The van der Waals surface area contributed by atoms with Crippen molar-refractivity contribution in [2.75, 3.05) is 5.32 Å². The fourth-order valence-electron chi connectivity index (χ4n) is 2.55. The van der Waals surface area contributed by atoms with Crippen LogP contribution in [0.15, 0.2) is 65.1 Å². The van der Waals surface area contributed by atoms with E-state index in [2.05, 4.69) is 19.2 Å². The Bertz CT molecular complexity index is 921. The first-order valence-corrected chi connectivity index (χ1v) is 8.29. The number of furan rings is 1. The van der Waals surface area contributed by atoms with Gasteiger partial charge in [-0.15, -0.1) is 0 Å². The van der Waals surface area contributed by atoms with Crippen LogP contribution in [0.4, 0.5) is 5.69 Å². The van der Waals surface area contributed by atoms with E-state index < -0.39 is 5.97 Å². The van der Waals surface area contributed by atoms with Crippen molar-refractivity contribution in [2.45, 2.75) is 19.8 Å². The van der Waals surface area contributed by atoms with Gasteiger partial charge in [0.2, 0.25) is 5.76 Å². The number of hydrogen-bond donors (Lipinski definition) is 2. The summed E-state index contributed by atoms with van der Waals surface area (Å²) >= 11 is 0. The van der Waals surface area contributed by atoms with Gasteiger partial charge in [-0.25, -0.2) is 4.79 Å². The van der Waals surface area contributed by atoms with Gasteiger partial charge in [-0.05, 0) is 60.0 Å². The Morgan fingerprint density at radius 1 is 0.923 bits per heavy atom. The van der Waals surface area contributed by atoms with Crippen LogP contribution in [-0.2, 0) is 0 Å². The highest BCUT2D eigenvalue weighted by atomic mass is 16.4. The second kappa shape index (κ2) is 7.27. The monoisotopic (exact) mass is 349 g/mol. The van der Waals surface area contributed by atoms with Gasteiger partial charge in [-0.3, -0.25) is 4.79 Å². The van der Waals surface area contributed by atoms with E-state index in [0.717, 1.165) is 5.56 Å². The van der Waals surface area contributed by atoms with E-state index >= 15 is 0 Å². The SMILES string of the molecule is CC(C)c1ccc(C(=O)Nc2ccc(-c3ccc(C(=O)O)o3)cc2)cc1. The van der Waals surface area contributed by atoms with Crippen LogP contribution in [0.1, 0.15) is 46.2 Å². The van der Waals surface area contributed by atoms with E-state index in [-0.39, 0.29) is 11.7 Å². The maximum absolute atomic E-state index is 12.3. The highest BCUT2D eigenvalue weighted by molar-refractivity contribution is 6.04. The molecule has 3 aromatic rings. The molecule has 0 aliphatic heterocycles. The van der Waals surface area contributed by atoms with Gasteiger partial charge in [-0.2, -0.15) is 0 Å². The van der Waals surface area contributed by atoms with Crippen LogP contribution in [0.2, 0.25) is 0 Å². The molecule has 0 unspecified atom stereocenters. The van der Waals surface area contributed by atoms with Crippen molar-refractivity contribution in [3.05, 3.63) is 77.6 Å². The van der Waals surface area contributed by atoms with Gasteiger partial charge in [0.1, 0.15) is 5.76 Å². The van der Waals surface area contributed by atoms with Gasteiger partial charge in [0, 0.05) is 16.8 Å². The fourth-order valence-corrected chi connectivity index (χ4v) is 2.55. The molecule has 0 bridgehead atoms. The molecule has 1 aromatic heterocycles. The summed E-state index contributed by atoms with van der Waals surface area (Å²) in [7, 11) is 0. The third-order valence-electron chi connectivity index (χ3n) is 4.08. The molecular weight excluding hydrogens is 330 g/mol. The third-order valence-corrected chi connectivity index (χ3v) is 4.08. The van der Waals surface area contributed by atoms with Crippen molar-refractivity contribution in [1.29, 1.82) is 0 Å². The second-order valence-corrected chi connectivity index (χ2v) is 6.28. The van der Waals surface area contributed by atoms with Crippen LogP contribution in [0.5, 0.6) is 0 Å². The number of hydrogen-bond acceptors (Lipinski definition) is 3. The molecule has 0 aliphatic carbocycles. The van der Waals surface area contributed by atoms with Crippen LogP contribution in [0, 0.1) is 0 Å². The number of nitrogens with one attached hydrogen (secondary N) is 1. The zero-order chi connectivity index (χ0) is 18.7. The molecule has 0 radical (unpaired) electrons. The van der Waals surface area contributed by atoms with Gasteiger partial charge >= 0.3 is 5.97 Å². The van der Waals surface area contributed by atoms with E-state index in [9.17, 15) is 9.59 Å². The highest BCUT2D eigenvalue weighted by Gasteiger charge is 2.11. The molecule has 1 heterocycles. The second-order valence-electron chi connectivity index (χ2n) is 6.28. The quantitative estimate of drug-likeness (QED) is 0.678. The lowest BCUT2D eigenvalue weighted by Gasteiger charge is -2.08. The minimum atomic E-state index is -1.11. The van der Waals surface area contributed by atoms with Gasteiger partial charge < -0.3 is 14.8 Å². The molecule has 0 saturated carbocycles. The highest BCUT2D eigenvalue weighted by Crippen LogP contribution is 2.24. The Balaban J connectivity index is 1.70. The molecule has 0 aliphatic rings. The van der Waals surface area contributed by atoms with E-state index in [0.29, 0.717) is 22.9 Å². The number of rotatable bonds is 5. The van der Waals surface area contributed by atoms with E-state index in [4.69, 9.17) is 9.52 Å². The molecule has 1 amide bonds. The first-order chi connectivity index (χ1) is 12.4. The molecule has 5 nitrogen and oxygen atoms in total. The Morgan fingerprint density at radius 2 is 1.58 bits per heavy atom.